The molecule has 0 radical (unpaired) electrons. The van der Waals surface area contributed by atoms with Crippen molar-refractivity contribution in [1.82, 2.24) is 4.31 Å². The van der Waals surface area contributed by atoms with Gasteiger partial charge in [-0.2, -0.15) is 4.31 Å². The van der Waals surface area contributed by atoms with Crippen LogP contribution in [0, 0.1) is 5.92 Å². The van der Waals surface area contributed by atoms with Crippen molar-refractivity contribution in [3.05, 3.63) is 84.9 Å². The van der Waals surface area contributed by atoms with Crippen molar-refractivity contribution in [2.45, 2.75) is 17.7 Å². The number of nitrogens with one attached hydrogen (secondary N) is 1. The van der Waals surface area contributed by atoms with E-state index in [1.165, 1.54) is 4.31 Å². The molecule has 0 aromatic heterocycles. The Balaban J connectivity index is 1.38. The fourth-order valence-electron chi connectivity index (χ4n) is 3.59. The maximum atomic E-state index is 12.9. The minimum Gasteiger partial charge on any atom is -0.457 e. The average Bonchev–Trinajstić information content (AvgIpc) is 2.82. The molecule has 0 unspecified atom stereocenters. The predicted octanol–water partition coefficient (Wildman–Crippen LogP) is 4.52. The number of hydrogen-bond acceptors (Lipinski definition) is 4. The van der Waals surface area contributed by atoms with Crippen LogP contribution in [0.2, 0.25) is 0 Å². The Hall–Kier alpha value is -3.16. The summed E-state index contributed by atoms with van der Waals surface area (Å²) in [5, 5.41) is 2.90. The molecule has 1 heterocycles. The van der Waals surface area contributed by atoms with Gasteiger partial charge in [0.1, 0.15) is 11.5 Å². The molecule has 4 rings (SSSR count). The lowest BCUT2D eigenvalue weighted by Crippen LogP contribution is -2.43. The first-order valence-electron chi connectivity index (χ1n) is 10.2. The van der Waals surface area contributed by atoms with Crippen LogP contribution in [0.5, 0.6) is 11.5 Å². The molecular weight excluding hydrogens is 412 g/mol. The first kappa shape index (κ1) is 21.1. The van der Waals surface area contributed by atoms with E-state index in [1.807, 2.05) is 30.3 Å². The summed E-state index contributed by atoms with van der Waals surface area (Å²) in [5.41, 5.74) is 0.647. The number of amides is 1. The molecule has 1 amide bonds. The van der Waals surface area contributed by atoms with Gasteiger partial charge in [0, 0.05) is 18.8 Å². The van der Waals surface area contributed by atoms with Crippen molar-refractivity contribution in [2.75, 3.05) is 18.4 Å². The number of anilines is 1. The molecule has 1 aliphatic rings. The molecule has 1 atom stereocenters. The highest BCUT2D eigenvalue weighted by Crippen LogP contribution is 2.26. The first-order chi connectivity index (χ1) is 15.0. The highest BCUT2D eigenvalue weighted by molar-refractivity contribution is 7.89. The molecule has 3 aromatic rings. The molecule has 160 valence electrons. The van der Waals surface area contributed by atoms with Crippen molar-refractivity contribution in [2.24, 2.45) is 5.92 Å². The average molecular weight is 437 g/mol. The van der Waals surface area contributed by atoms with Crippen LogP contribution in [0.15, 0.2) is 89.8 Å². The van der Waals surface area contributed by atoms with Gasteiger partial charge in [-0.3, -0.25) is 4.79 Å². The van der Waals surface area contributed by atoms with Gasteiger partial charge in [0.05, 0.1) is 10.8 Å². The van der Waals surface area contributed by atoms with Gasteiger partial charge in [-0.15, -0.1) is 0 Å². The zero-order valence-corrected chi connectivity index (χ0v) is 17.8. The number of sulfonamides is 1. The quantitative estimate of drug-likeness (QED) is 0.617. The van der Waals surface area contributed by atoms with Gasteiger partial charge in [0.15, 0.2) is 0 Å². The molecule has 1 aliphatic heterocycles. The summed E-state index contributed by atoms with van der Waals surface area (Å²) in [6, 6.07) is 24.9. The van der Waals surface area contributed by atoms with Gasteiger partial charge in [-0.25, -0.2) is 8.42 Å². The van der Waals surface area contributed by atoms with Gasteiger partial charge in [-0.1, -0.05) is 36.4 Å². The summed E-state index contributed by atoms with van der Waals surface area (Å²) in [6.45, 7) is 0.602. The van der Waals surface area contributed by atoms with Gasteiger partial charge >= 0.3 is 0 Å². The molecule has 0 bridgehead atoms. The van der Waals surface area contributed by atoms with Crippen LogP contribution in [-0.2, 0) is 14.8 Å². The van der Waals surface area contributed by atoms with Crippen molar-refractivity contribution >= 4 is 21.6 Å². The maximum absolute atomic E-state index is 12.9. The number of hydrogen-bond donors (Lipinski definition) is 1. The van der Waals surface area contributed by atoms with Crippen LogP contribution in [0.3, 0.4) is 0 Å². The van der Waals surface area contributed by atoms with Crippen molar-refractivity contribution in [3.63, 3.8) is 0 Å². The Labute approximate surface area is 182 Å². The monoisotopic (exact) mass is 436 g/mol. The molecular formula is C24H24N2O4S. The maximum Gasteiger partial charge on any atom is 0.243 e. The Morgan fingerprint density at radius 1 is 0.871 bits per heavy atom. The van der Waals surface area contributed by atoms with E-state index in [0.29, 0.717) is 30.8 Å². The second-order valence-electron chi connectivity index (χ2n) is 7.44. The van der Waals surface area contributed by atoms with E-state index in [2.05, 4.69) is 5.32 Å². The second-order valence-corrected chi connectivity index (χ2v) is 9.38. The fourth-order valence-corrected chi connectivity index (χ4v) is 5.14. The number of rotatable bonds is 6. The van der Waals surface area contributed by atoms with Crippen LogP contribution in [-0.4, -0.2) is 31.7 Å². The topological polar surface area (TPSA) is 75.7 Å². The van der Waals surface area contributed by atoms with Crippen molar-refractivity contribution in [3.8, 4) is 11.5 Å². The van der Waals surface area contributed by atoms with Crippen LogP contribution < -0.4 is 10.1 Å². The van der Waals surface area contributed by atoms with Gasteiger partial charge in [-0.05, 0) is 61.4 Å². The lowest BCUT2D eigenvalue weighted by Gasteiger charge is -2.31. The summed E-state index contributed by atoms with van der Waals surface area (Å²) in [4.78, 5) is 13.0. The minimum atomic E-state index is -3.60. The third kappa shape index (κ3) is 5.13. The molecule has 3 aromatic carbocycles. The van der Waals surface area contributed by atoms with Gasteiger partial charge < -0.3 is 10.1 Å². The smallest absolute Gasteiger partial charge is 0.243 e. The van der Waals surface area contributed by atoms with E-state index < -0.39 is 15.9 Å². The zero-order chi connectivity index (χ0) is 21.7. The number of benzene rings is 3. The third-order valence-electron chi connectivity index (χ3n) is 5.24. The SMILES string of the molecule is O=C(Nc1ccc(Oc2ccccc2)cc1)[C@@H]1CCCN(S(=O)(=O)c2ccccc2)C1. The molecule has 7 heteroatoms. The van der Waals surface area contributed by atoms with Crippen LogP contribution in [0.25, 0.3) is 0 Å². The Morgan fingerprint density at radius 3 is 2.16 bits per heavy atom. The highest BCUT2D eigenvalue weighted by atomic mass is 32.2. The number of ether oxygens (including phenoxy) is 1. The largest absolute Gasteiger partial charge is 0.457 e. The molecule has 0 spiro atoms. The Morgan fingerprint density at radius 2 is 1.48 bits per heavy atom. The number of carbonyl (C=O) groups excluding carboxylic acids is 1. The van der Waals surface area contributed by atoms with Crippen molar-refractivity contribution in [1.29, 1.82) is 0 Å². The molecule has 0 saturated carbocycles. The van der Waals surface area contributed by atoms with E-state index in [1.54, 1.807) is 54.6 Å². The van der Waals surface area contributed by atoms with E-state index in [0.717, 1.165) is 5.75 Å². The lowest BCUT2D eigenvalue weighted by molar-refractivity contribution is -0.120. The molecule has 6 nitrogen and oxygen atoms in total. The number of carbonyl (C=O) groups is 1. The fraction of sp³-hybridized carbons (Fsp3) is 0.208. The normalized spacial score (nSPS) is 17.1. The zero-order valence-electron chi connectivity index (χ0n) is 17.0. The van der Waals surface area contributed by atoms with Crippen molar-refractivity contribution < 1.29 is 17.9 Å². The van der Waals surface area contributed by atoms with Gasteiger partial charge in [0.25, 0.3) is 0 Å². The highest BCUT2D eigenvalue weighted by Gasteiger charge is 2.33. The second kappa shape index (κ2) is 9.32. The number of piperidine rings is 1. The minimum absolute atomic E-state index is 0.176. The summed E-state index contributed by atoms with van der Waals surface area (Å²) >= 11 is 0. The predicted molar refractivity (Wildman–Crippen MR) is 120 cm³/mol. The summed E-state index contributed by atoms with van der Waals surface area (Å²) in [7, 11) is -3.60. The molecule has 1 N–H and O–H groups in total. The van der Waals surface area contributed by atoms with E-state index in [4.69, 9.17) is 4.74 Å². The van der Waals surface area contributed by atoms with Gasteiger partial charge in [0.2, 0.25) is 15.9 Å². The van der Waals surface area contributed by atoms with E-state index >= 15 is 0 Å². The molecule has 31 heavy (non-hydrogen) atoms. The Bertz CT molecular complexity index is 1120. The molecule has 1 saturated heterocycles. The Kier molecular flexibility index (Phi) is 6.34. The molecule has 1 fully saturated rings. The standard InChI is InChI=1S/C24H24N2O4S/c27-24(25-20-13-15-22(16-14-20)30-21-9-3-1-4-10-21)19-8-7-17-26(18-19)31(28,29)23-11-5-2-6-12-23/h1-6,9-16,19H,7-8,17-18H2,(H,25,27)/t19-/m1/s1. The lowest BCUT2D eigenvalue weighted by atomic mass is 9.99. The van der Waals surface area contributed by atoms with E-state index in [9.17, 15) is 13.2 Å². The number of para-hydroxylation sites is 1. The number of nitrogens with zero attached hydrogens (tertiary/aromatic N) is 1. The third-order valence-corrected chi connectivity index (χ3v) is 7.12. The van der Waals surface area contributed by atoms with Crippen LogP contribution >= 0.6 is 0 Å². The summed E-state index contributed by atoms with van der Waals surface area (Å²) in [6.07, 6.45) is 1.30. The summed E-state index contributed by atoms with van der Waals surface area (Å²) < 4.78 is 32.9. The van der Waals surface area contributed by atoms with E-state index in [-0.39, 0.29) is 17.3 Å². The molecule has 0 aliphatic carbocycles. The van der Waals surface area contributed by atoms with Crippen LogP contribution in [0.1, 0.15) is 12.8 Å². The first-order valence-corrected chi connectivity index (χ1v) is 11.7. The summed E-state index contributed by atoms with van der Waals surface area (Å²) in [5.74, 6) is 0.834. The van der Waals surface area contributed by atoms with Crippen LogP contribution in [0.4, 0.5) is 5.69 Å².